The number of hydrogen-bond acceptors (Lipinski definition) is 6. The van der Waals surface area contributed by atoms with Crippen molar-refractivity contribution in [3.8, 4) is 5.75 Å². The van der Waals surface area contributed by atoms with Gasteiger partial charge in [0.05, 0.1) is 10.2 Å². The summed E-state index contributed by atoms with van der Waals surface area (Å²) in [6.45, 7) is 8.73. The van der Waals surface area contributed by atoms with Crippen LogP contribution in [0.4, 0.5) is 5.13 Å². The first-order valence-corrected chi connectivity index (χ1v) is 11.5. The van der Waals surface area contributed by atoms with Crippen molar-refractivity contribution in [2.45, 2.75) is 39.4 Å². The molecule has 0 spiro atoms. The molecule has 1 aliphatic rings. The molecule has 164 valence electrons. The molecule has 0 bridgehead atoms. The smallest absolute Gasteiger partial charge is 0.341 e. The number of ether oxygens (including phenoxy) is 1. The third-order valence-corrected chi connectivity index (χ3v) is 6.86. The molecule has 1 aliphatic heterocycles. The van der Waals surface area contributed by atoms with Gasteiger partial charge in [0.2, 0.25) is 0 Å². The van der Waals surface area contributed by atoms with Crippen LogP contribution < -0.4 is 9.64 Å². The van der Waals surface area contributed by atoms with Crippen LogP contribution in [0.3, 0.4) is 0 Å². The first-order valence-electron chi connectivity index (χ1n) is 10.3. The molecule has 8 heteroatoms. The number of carboxylic acids is 1. The van der Waals surface area contributed by atoms with Gasteiger partial charge in [-0.05, 0) is 62.2 Å². The van der Waals surface area contributed by atoms with Crippen LogP contribution in [0.25, 0.3) is 10.2 Å². The van der Waals surface area contributed by atoms with Gasteiger partial charge in [-0.15, -0.1) is 0 Å². The third kappa shape index (κ3) is 5.11. The van der Waals surface area contributed by atoms with Crippen molar-refractivity contribution in [3.63, 3.8) is 0 Å². The van der Waals surface area contributed by atoms with Crippen LogP contribution in [-0.2, 0) is 11.3 Å². The fourth-order valence-electron chi connectivity index (χ4n) is 4.20. The van der Waals surface area contributed by atoms with E-state index in [4.69, 9.17) is 26.4 Å². The van der Waals surface area contributed by atoms with Crippen LogP contribution in [-0.4, -0.2) is 52.7 Å². The van der Waals surface area contributed by atoms with Gasteiger partial charge in [-0.2, -0.15) is 0 Å². The van der Waals surface area contributed by atoms with Crippen molar-refractivity contribution in [2.75, 3.05) is 24.6 Å². The van der Waals surface area contributed by atoms with Crippen molar-refractivity contribution >= 4 is 44.3 Å². The number of carbonyl (C=O) groups is 1. The predicted octanol–water partition coefficient (Wildman–Crippen LogP) is 4.82. The normalized spacial score (nSPS) is 19.7. The SMILES string of the molecule is Cc1cc(CN2C(C)CN(c3nc4ccc(Cl)cc4s3)CC2C)cc(OCC(=O)O)c1. The lowest BCUT2D eigenvalue weighted by atomic mass is 10.0. The van der Waals surface area contributed by atoms with Crippen molar-refractivity contribution < 1.29 is 14.6 Å². The van der Waals surface area contributed by atoms with Gasteiger partial charge < -0.3 is 14.7 Å². The van der Waals surface area contributed by atoms with Gasteiger partial charge in [0.15, 0.2) is 11.7 Å². The third-order valence-electron chi connectivity index (χ3n) is 5.55. The molecule has 6 nitrogen and oxygen atoms in total. The number of piperazine rings is 1. The zero-order valence-corrected chi connectivity index (χ0v) is 19.4. The summed E-state index contributed by atoms with van der Waals surface area (Å²) in [6.07, 6.45) is 0. The molecule has 2 unspecified atom stereocenters. The Kier molecular flexibility index (Phi) is 6.36. The molecule has 0 saturated carbocycles. The van der Waals surface area contributed by atoms with E-state index in [1.165, 1.54) is 0 Å². The molecule has 31 heavy (non-hydrogen) atoms. The maximum absolute atomic E-state index is 10.8. The number of aliphatic carboxylic acids is 1. The van der Waals surface area contributed by atoms with Crippen LogP contribution in [0.2, 0.25) is 5.02 Å². The number of benzene rings is 2. The van der Waals surface area contributed by atoms with Crippen LogP contribution in [0.5, 0.6) is 5.75 Å². The van der Waals surface area contributed by atoms with Crippen molar-refractivity contribution in [3.05, 3.63) is 52.5 Å². The summed E-state index contributed by atoms with van der Waals surface area (Å²) in [6, 6.07) is 12.5. The molecular formula is C23H26ClN3O3S. The largest absolute Gasteiger partial charge is 0.482 e. The van der Waals surface area contributed by atoms with Gasteiger partial charge in [0.25, 0.3) is 0 Å². The van der Waals surface area contributed by atoms with Crippen molar-refractivity contribution in [2.24, 2.45) is 0 Å². The van der Waals surface area contributed by atoms with E-state index in [9.17, 15) is 4.79 Å². The highest BCUT2D eigenvalue weighted by molar-refractivity contribution is 7.22. The Hall–Kier alpha value is -2.35. The number of aromatic nitrogens is 1. The first-order chi connectivity index (χ1) is 14.8. The van der Waals surface area contributed by atoms with Crippen LogP contribution in [0.15, 0.2) is 36.4 Å². The number of fused-ring (bicyclic) bond motifs is 1. The predicted molar refractivity (Wildman–Crippen MR) is 126 cm³/mol. The lowest BCUT2D eigenvalue weighted by molar-refractivity contribution is -0.139. The quantitative estimate of drug-likeness (QED) is 0.570. The zero-order valence-electron chi connectivity index (χ0n) is 17.8. The lowest BCUT2D eigenvalue weighted by Crippen LogP contribution is -2.56. The highest BCUT2D eigenvalue weighted by atomic mass is 35.5. The van der Waals surface area contributed by atoms with Gasteiger partial charge in [-0.1, -0.05) is 29.0 Å². The molecule has 2 heterocycles. The summed E-state index contributed by atoms with van der Waals surface area (Å²) < 4.78 is 6.51. The topological polar surface area (TPSA) is 65.9 Å². The van der Waals surface area contributed by atoms with Crippen LogP contribution >= 0.6 is 22.9 Å². The van der Waals surface area contributed by atoms with Gasteiger partial charge in [-0.25, -0.2) is 9.78 Å². The second-order valence-corrected chi connectivity index (χ2v) is 9.67. The second kappa shape index (κ2) is 9.02. The molecule has 1 fully saturated rings. The van der Waals surface area contributed by atoms with Gasteiger partial charge in [0, 0.05) is 36.7 Å². The van der Waals surface area contributed by atoms with Gasteiger partial charge >= 0.3 is 5.97 Å². The molecule has 0 radical (unpaired) electrons. The highest BCUT2D eigenvalue weighted by Gasteiger charge is 2.31. The Morgan fingerprint density at radius 2 is 1.97 bits per heavy atom. The van der Waals surface area contributed by atoms with E-state index in [0.717, 1.165) is 51.1 Å². The standard InChI is InChI=1S/C23H26ClN3O3S/c1-14-6-17(8-19(7-14)30-13-22(28)29)12-27-15(2)10-26(11-16(27)3)23-25-20-5-4-18(24)9-21(20)31-23/h4-9,15-16H,10-13H2,1-3H3,(H,28,29). The average Bonchev–Trinajstić information content (AvgIpc) is 3.12. The number of rotatable bonds is 6. The number of nitrogens with zero attached hydrogens (tertiary/aromatic N) is 3. The van der Waals surface area contributed by atoms with E-state index in [-0.39, 0.29) is 6.61 Å². The van der Waals surface area contributed by atoms with E-state index in [2.05, 4.69) is 29.7 Å². The summed E-state index contributed by atoms with van der Waals surface area (Å²) in [5.41, 5.74) is 3.17. The maximum atomic E-state index is 10.8. The molecule has 0 aliphatic carbocycles. The number of carboxylic acid groups (broad SMARTS) is 1. The number of aryl methyl sites for hydroxylation is 1. The molecule has 0 amide bonds. The molecule has 2 atom stereocenters. The molecule has 4 rings (SSSR count). The molecule has 1 N–H and O–H groups in total. The van der Waals surface area contributed by atoms with Gasteiger partial charge in [-0.3, -0.25) is 4.90 Å². The van der Waals surface area contributed by atoms with E-state index in [1.54, 1.807) is 11.3 Å². The fraction of sp³-hybridized carbons (Fsp3) is 0.391. The summed E-state index contributed by atoms with van der Waals surface area (Å²) in [5, 5.41) is 10.6. The minimum atomic E-state index is -0.974. The van der Waals surface area contributed by atoms with E-state index < -0.39 is 5.97 Å². The minimum absolute atomic E-state index is 0.332. The molecule has 1 saturated heterocycles. The lowest BCUT2D eigenvalue weighted by Gasteiger charge is -2.44. The number of hydrogen-bond donors (Lipinski definition) is 1. The van der Waals surface area contributed by atoms with Crippen molar-refractivity contribution in [1.82, 2.24) is 9.88 Å². The fourth-order valence-corrected chi connectivity index (χ4v) is 5.46. The Morgan fingerprint density at radius 1 is 1.23 bits per heavy atom. The zero-order chi connectivity index (χ0) is 22.1. The summed E-state index contributed by atoms with van der Waals surface area (Å²) >= 11 is 7.82. The Labute approximate surface area is 191 Å². The minimum Gasteiger partial charge on any atom is -0.482 e. The van der Waals surface area contributed by atoms with E-state index in [1.807, 2.05) is 37.3 Å². The summed E-state index contributed by atoms with van der Waals surface area (Å²) in [4.78, 5) is 20.5. The molecule has 3 aromatic rings. The van der Waals surface area contributed by atoms with Crippen LogP contribution in [0, 0.1) is 6.92 Å². The van der Waals surface area contributed by atoms with Crippen LogP contribution in [0.1, 0.15) is 25.0 Å². The summed E-state index contributed by atoms with van der Waals surface area (Å²) in [5.74, 6) is -0.372. The molecule has 2 aromatic carbocycles. The first kappa shape index (κ1) is 21.9. The number of anilines is 1. The average molecular weight is 460 g/mol. The van der Waals surface area contributed by atoms with Crippen molar-refractivity contribution in [1.29, 1.82) is 0 Å². The Bertz CT molecular complexity index is 1090. The number of halogens is 1. The second-order valence-electron chi connectivity index (χ2n) is 8.22. The molecular weight excluding hydrogens is 434 g/mol. The maximum Gasteiger partial charge on any atom is 0.341 e. The Morgan fingerprint density at radius 3 is 2.68 bits per heavy atom. The number of thiazole rings is 1. The molecule has 1 aromatic heterocycles. The van der Waals surface area contributed by atoms with Gasteiger partial charge in [0.1, 0.15) is 5.75 Å². The van der Waals surface area contributed by atoms with E-state index in [0.29, 0.717) is 17.8 Å². The summed E-state index contributed by atoms with van der Waals surface area (Å²) in [7, 11) is 0. The monoisotopic (exact) mass is 459 g/mol. The Balaban J connectivity index is 1.47. The highest BCUT2D eigenvalue weighted by Crippen LogP contribution is 2.33. The van der Waals surface area contributed by atoms with E-state index >= 15 is 0 Å².